The molecule has 6 nitrogen and oxygen atoms in total. The number of pyridine rings is 3. The number of fused-ring (bicyclic) bond motifs is 4. The second-order valence-corrected chi connectivity index (χ2v) is 28.5. The van der Waals surface area contributed by atoms with Crippen LogP contribution in [-0.2, 0) is 26.5 Å². The second-order valence-electron chi connectivity index (χ2n) is 17.9. The van der Waals surface area contributed by atoms with Crippen molar-refractivity contribution >= 4 is 50.8 Å². The predicted molar refractivity (Wildman–Crippen MR) is 247 cm³/mol. The van der Waals surface area contributed by atoms with Gasteiger partial charge in [-0.15, -0.1) is 6.07 Å². The van der Waals surface area contributed by atoms with Gasteiger partial charge in [0.05, 0.1) is 22.6 Å². The molecule has 0 spiro atoms. The molecule has 0 atom stereocenters. The molecule has 0 saturated carbocycles. The van der Waals surface area contributed by atoms with Gasteiger partial charge in [-0.1, -0.05) is 86.1 Å². The smallest absolute Gasteiger partial charge is 0.141 e. The van der Waals surface area contributed by atoms with Crippen molar-refractivity contribution in [1.29, 1.82) is 0 Å². The van der Waals surface area contributed by atoms with Gasteiger partial charge < -0.3 is 14.0 Å². The Kier molecular flexibility index (Phi) is 12.4. The Bertz CT molecular complexity index is 2920. The minimum atomic E-state index is -1.90. The zero-order valence-corrected chi connectivity index (χ0v) is 40.4. The van der Waals surface area contributed by atoms with Crippen molar-refractivity contribution in [3.8, 4) is 39.5 Å². The van der Waals surface area contributed by atoms with E-state index in [2.05, 4.69) is 170 Å². The summed E-state index contributed by atoms with van der Waals surface area (Å²) in [6, 6.07) is 42.9. The fourth-order valence-electron chi connectivity index (χ4n) is 7.91. The van der Waals surface area contributed by atoms with Gasteiger partial charge in [-0.3, -0.25) is 9.97 Å². The Balaban J connectivity index is 0.000000212. The number of hydrogen-bond acceptors (Lipinski definition) is 5. The normalized spacial score (nSPS) is 11.8. The number of hydrogen-bond donors (Lipinski definition) is 0. The Morgan fingerprint density at radius 1 is 0.800 bits per heavy atom. The monoisotopic (exact) mass is 1030 g/mol. The first kappa shape index (κ1) is 42.9. The first-order valence-corrected chi connectivity index (χ1v) is 27.8. The van der Waals surface area contributed by atoms with Crippen molar-refractivity contribution in [1.82, 2.24) is 24.5 Å². The van der Waals surface area contributed by atoms with Crippen LogP contribution in [0.4, 0.5) is 0 Å². The molecule has 9 rings (SSSR count). The molecule has 0 fully saturated rings. The molecule has 9 aromatic rings. The molecule has 5 heterocycles. The third-order valence-electron chi connectivity index (χ3n) is 10.7. The summed E-state index contributed by atoms with van der Waals surface area (Å²) in [6.45, 7) is 13.3. The minimum Gasteiger partial charge on any atom is -0.482 e. The number of rotatable bonds is 7. The molecule has 0 amide bonds. The van der Waals surface area contributed by atoms with Gasteiger partial charge in [-0.2, -0.15) is 0 Å². The van der Waals surface area contributed by atoms with Gasteiger partial charge in [0, 0.05) is 42.9 Å². The maximum atomic E-state index is 6.23. The van der Waals surface area contributed by atoms with Crippen molar-refractivity contribution in [2.75, 3.05) is 0 Å². The van der Waals surface area contributed by atoms with Crippen LogP contribution in [-0.4, -0.2) is 37.8 Å². The van der Waals surface area contributed by atoms with E-state index in [1.165, 1.54) is 15.5 Å². The number of aryl methyl sites for hydroxylation is 1. The Morgan fingerprint density at radius 3 is 2.27 bits per heavy atom. The zero-order valence-electron chi connectivity index (χ0n) is 35.9. The van der Waals surface area contributed by atoms with Gasteiger partial charge in [0.15, 0.2) is 0 Å². The van der Waals surface area contributed by atoms with Crippen LogP contribution in [0.3, 0.4) is 0 Å². The first-order chi connectivity index (χ1) is 28.3. The van der Waals surface area contributed by atoms with E-state index in [4.69, 9.17) is 14.4 Å². The number of benzene rings is 4. The Morgan fingerprint density at radius 2 is 1.55 bits per heavy atom. The quantitative estimate of drug-likeness (QED) is 0.118. The summed E-state index contributed by atoms with van der Waals surface area (Å²) in [5, 5.41) is 2.01. The van der Waals surface area contributed by atoms with E-state index >= 15 is 0 Å². The molecule has 0 aliphatic rings. The average molecular weight is 1030 g/mol. The van der Waals surface area contributed by atoms with Crippen LogP contribution in [0.15, 0.2) is 132 Å². The average Bonchev–Trinajstić information content (AvgIpc) is 3.80. The third kappa shape index (κ3) is 8.81. The summed E-state index contributed by atoms with van der Waals surface area (Å²) < 4.78 is 9.96. The summed E-state index contributed by atoms with van der Waals surface area (Å²) in [6.07, 6.45) is 8.32. The topological polar surface area (TPSA) is 69.6 Å². The van der Waals surface area contributed by atoms with Crippen molar-refractivity contribution in [2.45, 2.75) is 71.1 Å². The van der Waals surface area contributed by atoms with E-state index < -0.39 is 13.3 Å². The summed E-state index contributed by atoms with van der Waals surface area (Å²) in [5.74, 6) is 8.44. The molecule has 0 aliphatic carbocycles. The minimum absolute atomic E-state index is 0. The Labute approximate surface area is 370 Å². The van der Waals surface area contributed by atoms with Crippen molar-refractivity contribution in [2.24, 2.45) is 5.41 Å². The van der Waals surface area contributed by atoms with Crippen LogP contribution < -0.4 is 4.40 Å². The van der Waals surface area contributed by atoms with Gasteiger partial charge in [-0.05, 0) is 47.7 Å². The summed E-state index contributed by atoms with van der Waals surface area (Å²) in [7, 11) is 0. The van der Waals surface area contributed by atoms with Crippen LogP contribution in [0.1, 0.15) is 57.4 Å². The SMILES string of the molecule is CC(C)(C)Cc1cc(-c2[c-]cccc2)nc[c]1[Ge]([CH3])([CH3])[CH3].Cc1nccc2c1nc(-c1[c-]nc3oc4c(C(C)C)cccc4c3c1)n2-c1ccccc1-c1ccccc1.[Ir]. The molecule has 0 unspecified atom stereocenters. The molecule has 8 heteroatoms. The maximum Gasteiger partial charge on any atom is 0.141 e. The largest absolute Gasteiger partial charge is 0.482 e. The van der Waals surface area contributed by atoms with Crippen molar-refractivity contribution in [3.63, 3.8) is 0 Å². The molecule has 305 valence electrons. The molecule has 0 aliphatic heterocycles. The molecule has 1 radical (unpaired) electrons. The van der Waals surface area contributed by atoms with Crippen LogP contribution in [0.2, 0.25) is 17.3 Å². The van der Waals surface area contributed by atoms with Crippen molar-refractivity contribution in [3.05, 3.63) is 157 Å². The van der Waals surface area contributed by atoms with Gasteiger partial charge in [-0.25, -0.2) is 0 Å². The van der Waals surface area contributed by atoms with E-state index in [1.54, 1.807) is 0 Å². The Hall–Kier alpha value is -5.21. The van der Waals surface area contributed by atoms with Crippen LogP contribution in [0.5, 0.6) is 0 Å². The number of imidazole rings is 1. The fraction of sp³-hybridized carbons (Fsp3) is 0.231. The van der Waals surface area contributed by atoms with Gasteiger partial charge in [0.25, 0.3) is 0 Å². The molecular weight excluding hydrogens is 975 g/mol. The van der Waals surface area contributed by atoms with E-state index in [0.717, 1.165) is 79.0 Å². The van der Waals surface area contributed by atoms with Gasteiger partial charge in [0.2, 0.25) is 0 Å². The van der Waals surface area contributed by atoms with Crippen molar-refractivity contribution < 1.29 is 24.5 Å². The van der Waals surface area contributed by atoms with Gasteiger partial charge in [0.1, 0.15) is 11.3 Å². The van der Waals surface area contributed by atoms with E-state index in [-0.39, 0.29) is 20.1 Å². The standard InChI is InChI=1S/C33H25N4O.C19H26GeN.Ir/c1-20(2)24-13-9-14-26-27-18-23(19-35-33(27)38-31(24)26)32-36-30-21(3)34-17-16-29(30)37(32)28-15-8-7-12-25(28)22-10-5-4-6-11-22;1-19(2,3)13-16-12-18(15-10-8-7-9-11-15)21-14-17(16)20(4,5)6;/h4-18,20H,1-3H3;7-10,12,14H,13H2,1-6H3;/q2*-1;. The molecule has 4 aromatic carbocycles. The first-order valence-electron chi connectivity index (χ1n) is 20.5. The van der Waals surface area contributed by atoms with E-state index in [0.29, 0.717) is 17.0 Å². The maximum absolute atomic E-state index is 6.23. The molecule has 60 heavy (non-hydrogen) atoms. The van der Waals surface area contributed by atoms with Gasteiger partial charge >= 0.3 is 132 Å². The fourth-order valence-corrected chi connectivity index (χ4v) is 11.2. The summed E-state index contributed by atoms with van der Waals surface area (Å²) in [4.78, 5) is 19.0. The predicted octanol–water partition coefficient (Wildman–Crippen LogP) is 13.0. The summed E-state index contributed by atoms with van der Waals surface area (Å²) >= 11 is -1.90. The second kappa shape index (κ2) is 17.4. The molecule has 0 N–H and O–H groups in total. The molecule has 0 saturated heterocycles. The van der Waals surface area contributed by atoms with E-state index in [9.17, 15) is 0 Å². The van der Waals surface area contributed by atoms with Crippen LogP contribution >= 0.6 is 0 Å². The molecule has 0 bridgehead atoms. The van der Waals surface area contributed by atoms with Crippen LogP contribution in [0.25, 0.3) is 72.6 Å². The van der Waals surface area contributed by atoms with E-state index in [1.807, 2.05) is 43.5 Å². The number of nitrogens with zero attached hydrogens (tertiary/aromatic N) is 5. The summed E-state index contributed by atoms with van der Waals surface area (Å²) in [5.41, 5.74) is 13.4. The number of aromatic nitrogens is 5. The van der Waals surface area contributed by atoms with Crippen LogP contribution in [0, 0.1) is 24.6 Å². The third-order valence-corrected chi connectivity index (χ3v) is 15.0. The molecule has 5 aromatic heterocycles. The number of furan rings is 1. The zero-order chi connectivity index (χ0) is 41.5. The molecular formula is C52H51GeIrN5O-2. The number of para-hydroxylation sites is 2.